The molecule has 2 aromatic carbocycles. The topological polar surface area (TPSA) is 86.1 Å². The minimum Gasteiger partial charge on any atom is -0.497 e. The highest BCUT2D eigenvalue weighted by molar-refractivity contribution is 7.92. The van der Waals surface area contributed by atoms with E-state index in [0.717, 1.165) is 16.5 Å². The monoisotopic (exact) mass is 394 g/mol. The first-order valence-corrected chi connectivity index (χ1v) is 10.0. The second-order valence-corrected chi connectivity index (χ2v) is 7.94. The van der Waals surface area contributed by atoms with Crippen LogP contribution >= 0.6 is 0 Å². The normalized spacial score (nSPS) is 11.5. The summed E-state index contributed by atoms with van der Waals surface area (Å²) in [6, 6.07) is 15.6. The van der Waals surface area contributed by atoms with Crippen molar-refractivity contribution in [3.8, 4) is 11.7 Å². The second-order valence-electron chi connectivity index (χ2n) is 6.26. The van der Waals surface area contributed by atoms with Gasteiger partial charge in [-0.1, -0.05) is 17.7 Å². The number of ether oxygens (including phenoxy) is 1. The van der Waals surface area contributed by atoms with E-state index in [1.54, 1.807) is 66.5 Å². The van der Waals surface area contributed by atoms with Crippen LogP contribution in [0.1, 0.15) is 5.56 Å². The minimum atomic E-state index is -3.78. The Morgan fingerprint density at radius 2 is 1.71 bits per heavy atom. The Hall–Kier alpha value is -3.39. The van der Waals surface area contributed by atoms with Gasteiger partial charge >= 0.3 is 0 Å². The van der Waals surface area contributed by atoms with Crippen molar-refractivity contribution in [3.63, 3.8) is 0 Å². The van der Waals surface area contributed by atoms with Gasteiger partial charge in [-0.25, -0.2) is 18.4 Å². The number of hydrogen-bond acceptors (Lipinski definition) is 5. The summed E-state index contributed by atoms with van der Waals surface area (Å²) in [7, 11) is -2.20. The molecule has 0 aliphatic carbocycles. The summed E-state index contributed by atoms with van der Waals surface area (Å²) in [6.07, 6.45) is 3.21. The molecule has 0 radical (unpaired) electrons. The highest BCUT2D eigenvalue weighted by Gasteiger charge is 2.20. The van der Waals surface area contributed by atoms with Crippen LogP contribution in [0.25, 0.3) is 16.9 Å². The van der Waals surface area contributed by atoms with Crippen LogP contribution in [0.2, 0.25) is 0 Å². The van der Waals surface area contributed by atoms with Crippen LogP contribution in [0, 0.1) is 6.92 Å². The van der Waals surface area contributed by atoms with E-state index in [4.69, 9.17) is 4.74 Å². The Kier molecular flexibility index (Phi) is 4.48. The van der Waals surface area contributed by atoms with Crippen LogP contribution in [-0.4, -0.2) is 30.1 Å². The summed E-state index contributed by atoms with van der Waals surface area (Å²) in [6.45, 7) is 1.90. The summed E-state index contributed by atoms with van der Waals surface area (Å²) < 4.78 is 35.4. The number of fused-ring (bicyclic) bond motifs is 1. The molecule has 1 N–H and O–H groups in total. The zero-order valence-corrected chi connectivity index (χ0v) is 16.1. The van der Waals surface area contributed by atoms with Crippen LogP contribution in [-0.2, 0) is 10.0 Å². The average Bonchev–Trinajstić information content (AvgIpc) is 3.05. The molecule has 0 amide bonds. The van der Waals surface area contributed by atoms with Crippen LogP contribution in [0.5, 0.6) is 5.75 Å². The van der Waals surface area contributed by atoms with Crippen molar-refractivity contribution in [3.05, 3.63) is 72.6 Å². The fourth-order valence-electron chi connectivity index (χ4n) is 2.93. The van der Waals surface area contributed by atoms with E-state index in [2.05, 4.69) is 14.7 Å². The summed E-state index contributed by atoms with van der Waals surface area (Å²) in [5.41, 5.74) is 1.74. The number of nitrogens with one attached hydrogen (secondary N) is 1. The van der Waals surface area contributed by atoms with Gasteiger partial charge in [0.1, 0.15) is 11.6 Å². The zero-order chi connectivity index (χ0) is 19.7. The first-order valence-electron chi connectivity index (χ1n) is 8.54. The van der Waals surface area contributed by atoms with E-state index in [-0.39, 0.29) is 4.90 Å². The largest absolute Gasteiger partial charge is 0.497 e. The Labute approximate surface area is 162 Å². The van der Waals surface area contributed by atoms with Crippen LogP contribution < -0.4 is 9.46 Å². The van der Waals surface area contributed by atoms with Crippen molar-refractivity contribution in [2.24, 2.45) is 0 Å². The number of nitrogens with zero attached hydrogens (tertiary/aromatic N) is 3. The Morgan fingerprint density at radius 3 is 2.39 bits per heavy atom. The molecule has 4 aromatic rings. The molecule has 0 bridgehead atoms. The van der Waals surface area contributed by atoms with Gasteiger partial charge in [-0.2, -0.15) is 0 Å². The molecule has 0 saturated heterocycles. The number of anilines is 1. The molecule has 0 spiro atoms. The van der Waals surface area contributed by atoms with Gasteiger partial charge in [0.15, 0.2) is 0 Å². The second kappa shape index (κ2) is 6.97. The van der Waals surface area contributed by atoms with Gasteiger partial charge in [0, 0.05) is 17.8 Å². The van der Waals surface area contributed by atoms with E-state index < -0.39 is 10.0 Å². The molecule has 2 aromatic heterocycles. The van der Waals surface area contributed by atoms with Crippen LogP contribution in [0.15, 0.2) is 71.9 Å². The third-order valence-corrected chi connectivity index (χ3v) is 5.70. The third-order valence-electron chi connectivity index (χ3n) is 4.33. The molecular formula is C20H18N4O3S. The van der Waals surface area contributed by atoms with Crippen molar-refractivity contribution in [2.45, 2.75) is 11.8 Å². The SMILES string of the molecule is COc1ccc2c(c1)cc(NS(=O)(=O)c1ccc(C)cc1)n2-c1ncccn1. The van der Waals surface area contributed by atoms with Crippen molar-refractivity contribution in [1.82, 2.24) is 14.5 Å². The van der Waals surface area contributed by atoms with E-state index in [9.17, 15) is 8.42 Å². The van der Waals surface area contributed by atoms with E-state index >= 15 is 0 Å². The maximum atomic E-state index is 12.9. The smallest absolute Gasteiger partial charge is 0.263 e. The number of aromatic nitrogens is 3. The molecule has 0 saturated carbocycles. The van der Waals surface area contributed by atoms with Gasteiger partial charge in [0.05, 0.1) is 17.5 Å². The van der Waals surface area contributed by atoms with Crippen LogP contribution in [0.3, 0.4) is 0 Å². The van der Waals surface area contributed by atoms with Crippen molar-refractivity contribution >= 4 is 26.7 Å². The molecule has 0 aliphatic heterocycles. The van der Waals surface area contributed by atoms with Gasteiger partial charge in [-0.15, -0.1) is 0 Å². The summed E-state index contributed by atoms with van der Waals surface area (Å²) in [5, 5.41) is 0.799. The molecular weight excluding hydrogens is 376 g/mol. The van der Waals surface area contributed by atoms with Gasteiger partial charge in [-0.3, -0.25) is 9.29 Å². The standard InChI is InChI=1S/C20H18N4O3S/c1-14-4-7-17(8-5-14)28(25,26)23-19-13-15-12-16(27-2)6-9-18(15)24(19)20-21-10-3-11-22-20/h3-13,23H,1-2H3. The molecule has 4 rings (SSSR count). The zero-order valence-electron chi connectivity index (χ0n) is 15.3. The van der Waals surface area contributed by atoms with E-state index in [1.165, 1.54) is 0 Å². The van der Waals surface area contributed by atoms with Crippen LogP contribution in [0.4, 0.5) is 5.82 Å². The Morgan fingerprint density at radius 1 is 1.00 bits per heavy atom. The lowest BCUT2D eigenvalue weighted by molar-refractivity contribution is 0.415. The molecule has 0 unspecified atom stereocenters. The molecule has 2 heterocycles. The molecule has 0 atom stereocenters. The van der Waals surface area contributed by atoms with E-state index in [0.29, 0.717) is 17.5 Å². The van der Waals surface area contributed by atoms with Gasteiger partial charge < -0.3 is 4.74 Å². The summed E-state index contributed by atoms with van der Waals surface area (Å²) >= 11 is 0. The number of aryl methyl sites for hydroxylation is 1. The lowest BCUT2D eigenvalue weighted by Gasteiger charge is -2.12. The number of rotatable bonds is 5. The molecule has 0 aliphatic rings. The first-order chi connectivity index (χ1) is 13.5. The fraction of sp³-hybridized carbons (Fsp3) is 0.100. The Balaban J connectivity index is 1.87. The lowest BCUT2D eigenvalue weighted by Crippen LogP contribution is -2.16. The van der Waals surface area contributed by atoms with Crippen molar-refractivity contribution in [2.75, 3.05) is 11.8 Å². The summed E-state index contributed by atoms with van der Waals surface area (Å²) in [4.78, 5) is 8.73. The molecule has 7 nitrogen and oxygen atoms in total. The fourth-order valence-corrected chi connectivity index (χ4v) is 3.97. The third kappa shape index (κ3) is 3.29. The number of methoxy groups -OCH3 is 1. The predicted molar refractivity (Wildman–Crippen MR) is 107 cm³/mol. The number of hydrogen-bond donors (Lipinski definition) is 1. The van der Waals surface area contributed by atoms with Crippen molar-refractivity contribution in [1.29, 1.82) is 0 Å². The Bertz CT molecular complexity index is 1230. The quantitative estimate of drug-likeness (QED) is 0.560. The molecule has 8 heteroatoms. The number of sulfonamides is 1. The highest BCUT2D eigenvalue weighted by atomic mass is 32.2. The molecule has 142 valence electrons. The molecule has 28 heavy (non-hydrogen) atoms. The van der Waals surface area contributed by atoms with Gasteiger partial charge in [-0.05, 0) is 49.4 Å². The average molecular weight is 394 g/mol. The van der Waals surface area contributed by atoms with Gasteiger partial charge in [0.25, 0.3) is 10.0 Å². The summed E-state index contributed by atoms with van der Waals surface area (Å²) in [5.74, 6) is 1.38. The maximum absolute atomic E-state index is 12.9. The maximum Gasteiger partial charge on any atom is 0.263 e. The van der Waals surface area contributed by atoms with Gasteiger partial charge in [0.2, 0.25) is 5.95 Å². The van der Waals surface area contributed by atoms with E-state index in [1.807, 2.05) is 19.1 Å². The van der Waals surface area contributed by atoms with Crippen molar-refractivity contribution < 1.29 is 13.2 Å². The highest BCUT2D eigenvalue weighted by Crippen LogP contribution is 2.30. The molecule has 0 fully saturated rings. The predicted octanol–water partition coefficient (Wildman–Crippen LogP) is 3.54. The lowest BCUT2D eigenvalue weighted by atomic mass is 10.2. The number of benzene rings is 2. The first kappa shape index (κ1) is 18.0. The minimum absolute atomic E-state index is 0.182.